The first-order valence-electron chi connectivity index (χ1n) is 11.0. The number of fused-ring (bicyclic) bond motifs is 2. The Labute approximate surface area is 191 Å². The molecule has 0 aliphatic carbocycles. The van der Waals surface area contributed by atoms with Gasteiger partial charge in [-0.15, -0.1) is 0 Å². The fourth-order valence-corrected chi connectivity index (χ4v) is 4.55. The van der Waals surface area contributed by atoms with Gasteiger partial charge >= 0.3 is 0 Å². The van der Waals surface area contributed by atoms with Crippen molar-refractivity contribution in [2.75, 3.05) is 0 Å². The van der Waals surface area contributed by atoms with E-state index in [4.69, 9.17) is 4.98 Å². The molecule has 0 atom stereocenters. The summed E-state index contributed by atoms with van der Waals surface area (Å²) in [5, 5.41) is 2.06. The minimum absolute atomic E-state index is 0.144. The third kappa shape index (κ3) is 3.31. The number of aromatic nitrogens is 2. The molecule has 3 nitrogen and oxygen atoms in total. The van der Waals surface area contributed by atoms with E-state index in [-0.39, 0.29) is 5.56 Å². The summed E-state index contributed by atoms with van der Waals surface area (Å²) in [5.41, 5.74) is 6.83. The van der Waals surface area contributed by atoms with Crippen molar-refractivity contribution in [1.82, 2.24) is 9.97 Å². The Morgan fingerprint density at radius 2 is 1.18 bits per heavy atom. The molecule has 156 valence electrons. The van der Waals surface area contributed by atoms with Gasteiger partial charge in [-0.25, -0.2) is 4.98 Å². The third-order valence-corrected chi connectivity index (χ3v) is 6.04. The topological polar surface area (TPSA) is 45.8 Å². The molecule has 6 aromatic rings. The maximum atomic E-state index is 13.5. The number of hydrogen-bond acceptors (Lipinski definition) is 2. The van der Waals surface area contributed by atoms with Gasteiger partial charge in [-0.1, -0.05) is 97.1 Å². The zero-order chi connectivity index (χ0) is 22.2. The number of aromatic amines is 1. The van der Waals surface area contributed by atoms with Crippen LogP contribution in [0.3, 0.4) is 0 Å². The SMILES string of the molecule is O=c1[nH]c2ccccc2c(-c2ccccc2)c1-c1cc(-c2ccccc2)c2ccccc2n1. The number of para-hydroxylation sites is 2. The fraction of sp³-hybridized carbons (Fsp3) is 0. The monoisotopic (exact) mass is 424 g/mol. The lowest BCUT2D eigenvalue weighted by atomic mass is 9.92. The van der Waals surface area contributed by atoms with E-state index in [1.54, 1.807) is 0 Å². The molecule has 3 heteroatoms. The van der Waals surface area contributed by atoms with Gasteiger partial charge in [-0.2, -0.15) is 0 Å². The maximum Gasteiger partial charge on any atom is 0.258 e. The number of benzene rings is 4. The largest absolute Gasteiger partial charge is 0.321 e. The number of rotatable bonds is 3. The van der Waals surface area contributed by atoms with E-state index in [2.05, 4.69) is 29.2 Å². The molecular formula is C30H20N2O. The van der Waals surface area contributed by atoms with Crippen molar-refractivity contribution >= 4 is 21.8 Å². The molecule has 0 saturated heterocycles. The third-order valence-electron chi connectivity index (χ3n) is 6.04. The van der Waals surface area contributed by atoms with Crippen LogP contribution >= 0.6 is 0 Å². The van der Waals surface area contributed by atoms with E-state index >= 15 is 0 Å². The first-order valence-corrected chi connectivity index (χ1v) is 11.0. The molecule has 1 N–H and O–H groups in total. The quantitative estimate of drug-likeness (QED) is 0.330. The lowest BCUT2D eigenvalue weighted by Gasteiger charge is -2.15. The van der Waals surface area contributed by atoms with Crippen LogP contribution in [0.5, 0.6) is 0 Å². The number of H-pyrrole nitrogens is 1. The van der Waals surface area contributed by atoms with E-state index in [0.29, 0.717) is 11.3 Å². The molecule has 0 bridgehead atoms. The van der Waals surface area contributed by atoms with Crippen molar-refractivity contribution in [3.63, 3.8) is 0 Å². The van der Waals surface area contributed by atoms with Crippen molar-refractivity contribution in [3.05, 3.63) is 126 Å². The Hall–Kier alpha value is -4.50. The van der Waals surface area contributed by atoms with Crippen LogP contribution < -0.4 is 5.56 Å². The smallest absolute Gasteiger partial charge is 0.258 e. The number of nitrogens with one attached hydrogen (secondary N) is 1. The summed E-state index contributed by atoms with van der Waals surface area (Å²) in [5.74, 6) is 0. The molecule has 2 heterocycles. The Morgan fingerprint density at radius 1 is 0.576 bits per heavy atom. The summed E-state index contributed by atoms with van der Waals surface area (Å²) in [7, 11) is 0. The Balaban J connectivity index is 1.74. The van der Waals surface area contributed by atoms with E-state index in [1.165, 1.54) is 0 Å². The second-order valence-corrected chi connectivity index (χ2v) is 8.05. The predicted molar refractivity (Wildman–Crippen MR) is 136 cm³/mol. The lowest BCUT2D eigenvalue weighted by molar-refractivity contribution is 1.28. The molecule has 0 radical (unpaired) electrons. The van der Waals surface area contributed by atoms with Gasteiger partial charge in [0.2, 0.25) is 0 Å². The van der Waals surface area contributed by atoms with Gasteiger partial charge in [-0.05, 0) is 34.9 Å². The standard InChI is InChI=1S/C30H20N2O/c33-30-29(28(21-13-5-2-6-14-21)23-16-8-10-18-26(23)32-30)27-19-24(20-11-3-1-4-12-20)22-15-7-9-17-25(22)31-27/h1-19H,(H,32,33). The highest BCUT2D eigenvalue weighted by molar-refractivity contribution is 6.03. The maximum absolute atomic E-state index is 13.5. The second kappa shape index (κ2) is 7.88. The highest BCUT2D eigenvalue weighted by Gasteiger charge is 2.19. The summed E-state index contributed by atoms with van der Waals surface area (Å²) in [6, 6.07) is 38.4. The van der Waals surface area contributed by atoms with Gasteiger partial charge in [-0.3, -0.25) is 4.79 Å². The van der Waals surface area contributed by atoms with E-state index in [0.717, 1.165) is 44.1 Å². The van der Waals surface area contributed by atoms with Gasteiger partial charge in [0.15, 0.2) is 0 Å². The summed E-state index contributed by atoms with van der Waals surface area (Å²) in [6.07, 6.45) is 0. The molecule has 0 aliphatic heterocycles. The van der Waals surface area contributed by atoms with E-state index < -0.39 is 0 Å². The van der Waals surface area contributed by atoms with Crippen LogP contribution in [-0.2, 0) is 0 Å². The van der Waals surface area contributed by atoms with Crippen LogP contribution in [0.2, 0.25) is 0 Å². The van der Waals surface area contributed by atoms with Crippen molar-refractivity contribution in [3.8, 4) is 33.5 Å². The average molecular weight is 425 g/mol. The molecule has 0 aliphatic rings. The van der Waals surface area contributed by atoms with Crippen LogP contribution in [0.25, 0.3) is 55.3 Å². The highest BCUT2D eigenvalue weighted by Crippen LogP contribution is 2.37. The molecule has 0 amide bonds. The molecule has 33 heavy (non-hydrogen) atoms. The van der Waals surface area contributed by atoms with Crippen LogP contribution in [-0.4, -0.2) is 9.97 Å². The lowest BCUT2D eigenvalue weighted by Crippen LogP contribution is -2.12. The van der Waals surface area contributed by atoms with Crippen LogP contribution in [0, 0.1) is 0 Å². The van der Waals surface area contributed by atoms with Gasteiger partial charge in [0.25, 0.3) is 5.56 Å². The van der Waals surface area contributed by atoms with Gasteiger partial charge in [0.05, 0.1) is 16.8 Å². The fourth-order valence-electron chi connectivity index (χ4n) is 4.55. The Kier molecular flexibility index (Phi) is 4.59. The average Bonchev–Trinajstić information content (AvgIpc) is 2.88. The highest BCUT2D eigenvalue weighted by atomic mass is 16.1. The first kappa shape index (κ1) is 19.2. The van der Waals surface area contributed by atoms with Crippen molar-refractivity contribution in [2.24, 2.45) is 0 Å². The van der Waals surface area contributed by atoms with E-state index in [1.807, 2.05) is 91.0 Å². The van der Waals surface area contributed by atoms with Gasteiger partial charge in [0.1, 0.15) is 0 Å². The Morgan fingerprint density at radius 3 is 1.94 bits per heavy atom. The molecular weight excluding hydrogens is 404 g/mol. The summed E-state index contributed by atoms with van der Waals surface area (Å²) < 4.78 is 0. The predicted octanol–water partition coefficient (Wildman–Crippen LogP) is 7.08. The number of hydrogen-bond donors (Lipinski definition) is 1. The van der Waals surface area contributed by atoms with Crippen molar-refractivity contribution in [2.45, 2.75) is 0 Å². The zero-order valence-corrected chi connectivity index (χ0v) is 17.8. The molecule has 0 fully saturated rings. The van der Waals surface area contributed by atoms with Gasteiger partial charge < -0.3 is 4.98 Å². The molecule has 0 saturated carbocycles. The Bertz CT molecular complexity index is 1670. The molecule has 0 unspecified atom stereocenters. The van der Waals surface area contributed by atoms with Crippen LogP contribution in [0.1, 0.15) is 0 Å². The normalized spacial score (nSPS) is 11.2. The molecule has 0 spiro atoms. The summed E-state index contributed by atoms with van der Waals surface area (Å²) in [6.45, 7) is 0. The van der Waals surface area contributed by atoms with Gasteiger partial charge in [0, 0.05) is 21.9 Å². The van der Waals surface area contributed by atoms with Crippen LogP contribution in [0.4, 0.5) is 0 Å². The zero-order valence-electron chi connectivity index (χ0n) is 17.8. The molecule has 2 aromatic heterocycles. The molecule has 4 aromatic carbocycles. The van der Waals surface area contributed by atoms with Crippen molar-refractivity contribution < 1.29 is 0 Å². The number of nitrogens with zero attached hydrogens (tertiary/aromatic N) is 1. The van der Waals surface area contributed by atoms with E-state index in [9.17, 15) is 4.79 Å². The van der Waals surface area contributed by atoms with Crippen LogP contribution in [0.15, 0.2) is 120 Å². The summed E-state index contributed by atoms with van der Waals surface area (Å²) in [4.78, 5) is 21.6. The minimum Gasteiger partial charge on any atom is -0.321 e. The minimum atomic E-state index is -0.144. The second-order valence-electron chi connectivity index (χ2n) is 8.05. The van der Waals surface area contributed by atoms with Crippen molar-refractivity contribution in [1.29, 1.82) is 0 Å². The number of pyridine rings is 2. The first-order chi connectivity index (χ1) is 16.3. The summed E-state index contributed by atoms with van der Waals surface area (Å²) >= 11 is 0. The molecule has 6 rings (SSSR count).